The summed E-state index contributed by atoms with van der Waals surface area (Å²) in [6, 6.07) is 0. The zero-order chi connectivity index (χ0) is 8.72. The summed E-state index contributed by atoms with van der Waals surface area (Å²) in [6.07, 6.45) is 1.45. The van der Waals surface area contributed by atoms with Gasteiger partial charge in [-0.15, -0.1) is 0 Å². The number of halogens is 1. The van der Waals surface area contributed by atoms with Gasteiger partial charge >= 0.3 is 5.69 Å². The average molecular weight is 278 g/mol. The molecule has 7 heteroatoms. The van der Waals surface area contributed by atoms with Crippen molar-refractivity contribution in [2.45, 2.75) is 0 Å². The monoisotopic (exact) mass is 278 g/mol. The second-order valence-corrected chi connectivity index (χ2v) is 3.20. The first-order valence-corrected chi connectivity index (χ1v) is 4.01. The molecule has 0 aliphatic heterocycles. The number of rotatable bonds is 0. The fourth-order valence-corrected chi connectivity index (χ4v) is 1.38. The van der Waals surface area contributed by atoms with E-state index in [1.807, 2.05) is 22.9 Å². The molecule has 0 fully saturated rings. The second-order valence-electron chi connectivity index (χ2n) is 2.16. The molecule has 0 aliphatic carbocycles. The summed E-state index contributed by atoms with van der Waals surface area (Å²) >= 11 is 1.92. The number of nitrogens with zero attached hydrogens (tertiary/aromatic N) is 2. The lowest BCUT2D eigenvalue weighted by atomic mass is 10.5. The summed E-state index contributed by atoms with van der Waals surface area (Å²) in [5.74, 6) is 0. The van der Waals surface area contributed by atoms with Gasteiger partial charge in [0.15, 0.2) is 11.2 Å². The third-order valence-electron chi connectivity index (χ3n) is 1.40. The van der Waals surface area contributed by atoms with Crippen LogP contribution in [0.5, 0.6) is 0 Å². The number of aromatic amines is 2. The van der Waals surface area contributed by atoms with Crippen molar-refractivity contribution in [1.82, 2.24) is 17.7 Å². The van der Waals surface area contributed by atoms with Crippen molar-refractivity contribution in [2.75, 3.05) is 0 Å². The Labute approximate surface area is 79.1 Å². The molecule has 0 amide bonds. The van der Waals surface area contributed by atoms with E-state index in [9.17, 15) is 9.59 Å². The van der Waals surface area contributed by atoms with Gasteiger partial charge in [0.1, 0.15) is 6.33 Å². The molecule has 0 unspecified atom stereocenters. The highest BCUT2D eigenvalue weighted by Gasteiger charge is 2.04. The molecule has 2 N–H and O–H groups in total. The van der Waals surface area contributed by atoms with Gasteiger partial charge in [-0.1, -0.05) is 0 Å². The van der Waals surface area contributed by atoms with Gasteiger partial charge in [0.05, 0.1) is 22.9 Å². The molecule has 2 aromatic rings. The first-order chi connectivity index (χ1) is 5.68. The summed E-state index contributed by atoms with van der Waals surface area (Å²) in [4.78, 5) is 30.2. The standard InChI is InChI=1S/C5H3IN4O2/c6-10-1-7-2-3(10)8-5(12)9-4(2)11/h1H,(H2,8,9,11,12). The summed E-state index contributed by atoms with van der Waals surface area (Å²) < 4.78 is 1.55. The molecule has 0 saturated carbocycles. The summed E-state index contributed by atoms with van der Waals surface area (Å²) in [7, 11) is 0. The van der Waals surface area contributed by atoms with Crippen LogP contribution in [0.25, 0.3) is 11.2 Å². The van der Waals surface area contributed by atoms with Gasteiger partial charge in [0, 0.05) is 0 Å². The van der Waals surface area contributed by atoms with Crippen molar-refractivity contribution in [2.24, 2.45) is 0 Å². The first kappa shape index (κ1) is 7.53. The van der Waals surface area contributed by atoms with E-state index >= 15 is 0 Å². The first-order valence-electron chi connectivity index (χ1n) is 3.04. The Hall–Kier alpha value is -1.12. The van der Waals surface area contributed by atoms with Crippen molar-refractivity contribution in [3.05, 3.63) is 27.2 Å². The normalized spacial score (nSPS) is 10.8. The third-order valence-corrected chi connectivity index (χ3v) is 2.13. The summed E-state index contributed by atoms with van der Waals surface area (Å²) in [5, 5.41) is 0. The number of imidazole rings is 1. The maximum Gasteiger partial charge on any atom is 0.327 e. The Morgan fingerprint density at radius 3 is 2.92 bits per heavy atom. The van der Waals surface area contributed by atoms with Gasteiger partial charge in [-0.05, 0) is 0 Å². The quantitative estimate of drug-likeness (QED) is 0.644. The Bertz CT molecular complexity index is 536. The van der Waals surface area contributed by atoms with Crippen LogP contribution in [-0.2, 0) is 0 Å². The van der Waals surface area contributed by atoms with Crippen molar-refractivity contribution >= 4 is 34.0 Å². The molecule has 62 valence electrons. The van der Waals surface area contributed by atoms with Gasteiger partial charge < -0.3 is 0 Å². The molecule has 0 atom stereocenters. The van der Waals surface area contributed by atoms with Crippen LogP contribution >= 0.6 is 22.9 Å². The third kappa shape index (κ3) is 0.967. The summed E-state index contributed by atoms with van der Waals surface area (Å²) in [5.41, 5.74) is -0.330. The molecule has 12 heavy (non-hydrogen) atoms. The van der Waals surface area contributed by atoms with Crippen LogP contribution in [0.3, 0.4) is 0 Å². The van der Waals surface area contributed by atoms with Gasteiger partial charge in [-0.25, -0.2) is 9.78 Å². The number of fused-ring (bicyclic) bond motifs is 1. The van der Waals surface area contributed by atoms with Crippen LogP contribution in [0.1, 0.15) is 0 Å². The highest BCUT2D eigenvalue weighted by molar-refractivity contribution is 14.1. The maximum atomic E-state index is 11.1. The minimum absolute atomic E-state index is 0.240. The molecule has 0 aliphatic rings. The summed E-state index contributed by atoms with van der Waals surface area (Å²) in [6.45, 7) is 0. The highest BCUT2D eigenvalue weighted by Crippen LogP contribution is 2.04. The van der Waals surface area contributed by atoms with Crippen molar-refractivity contribution in [3.8, 4) is 0 Å². The van der Waals surface area contributed by atoms with E-state index in [0.29, 0.717) is 5.65 Å². The zero-order valence-corrected chi connectivity index (χ0v) is 7.82. The second kappa shape index (κ2) is 2.44. The molecule has 0 saturated heterocycles. The molecular weight excluding hydrogens is 275 g/mol. The van der Waals surface area contributed by atoms with E-state index < -0.39 is 11.2 Å². The molecule has 2 heterocycles. The molecular formula is C5H3IN4O2. The zero-order valence-electron chi connectivity index (χ0n) is 5.67. The lowest BCUT2D eigenvalue weighted by Crippen LogP contribution is -2.22. The maximum absolute atomic E-state index is 11.1. The molecule has 2 aromatic heterocycles. The van der Waals surface area contributed by atoms with E-state index in [4.69, 9.17) is 0 Å². The molecule has 2 rings (SSSR count). The van der Waals surface area contributed by atoms with Gasteiger partial charge in [0.25, 0.3) is 5.56 Å². The van der Waals surface area contributed by atoms with Gasteiger partial charge in [-0.3, -0.25) is 17.5 Å². The predicted octanol–water partition coefficient (Wildman–Crippen LogP) is -0.389. The lowest BCUT2D eigenvalue weighted by Gasteiger charge is -1.88. The number of hydrogen-bond acceptors (Lipinski definition) is 3. The molecule has 0 aromatic carbocycles. The van der Waals surface area contributed by atoms with Crippen LogP contribution in [0.15, 0.2) is 15.9 Å². The topological polar surface area (TPSA) is 83.5 Å². The highest BCUT2D eigenvalue weighted by atomic mass is 127. The number of nitrogens with one attached hydrogen (secondary N) is 2. The predicted molar refractivity (Wildman–Crippen MR) is 50.4 cm³/mol. The SMILES string of the molecule is O=c1[nH]c(=O)c2ncn(I)c2[nH]1. The number of hydrogen-bond donors (Lipinski definition) is 2. The minimum atomic E-state index is -0.522. The number of aromatic nitrogens is 4. The molecule has 0 bridgehead atoms. The number of H-pyrrole nitrogens is 2. The Balaban J connectivity index is 3.13. The van der Waals surface area contributed by atoms with Crippen molar-refractivity contribution in [1.29, 1.82) is 0 Å². The van der Waals surface area contributed by atoms with Crippen LogP contribution in [0.4, 0.5) is 0 Å². The Kier molecular flexibility index (Phi) is 1.53. The lowest BCUT2D eigenvalue weighted by molar-refractivity contribution is 1.07. The van der Waals surface area contributed by atoms with E-state index in [2.05, 4.69) is 15.0 Å². The van der Waals surface area contributed by atoms with E-state index in [-0.39, 0.29) is 5.52 Å². The van der Waals surface area contributed by atoms with Crippen LogP contribution < -0.4 is 11.2 Å². The smallest absolute Gasteiger partial charge is 0.291 e. The van der Waals surface area contributed by atoms with E-state index in [1.54, 1.807) is 2.78 Å². The molecule has 0 radical (unpaired) electrons. The fourth-order valence-electron chi connectivity index (χ4n) is 0.908. The average Bonchev–Trinajstić information content (AvgIpc) is 2.33. The van der Waals surface area contributed by atoms with E-state index in [1.165, 1.54) is 6.33 Å². The van der Waals surface area contributed by atoms with Crippen LogP contribution in [0, 0.1) is 0 Å². The minimum Gasteiger partial charge on any atom is -0.291 e. The van der Waals surface area contributed by atoms with E-state index in [0.717, 1.165) is 0 Å². The largest absolute Gasteiger partial charge is 0.327 e. The fraction of sp³-hybridized carbons (Fsp3) is 0. The van der Waals surface area contributed by atoms with Gasteiger partial charge in [0.2, 0.25) is 0 Å². The molecule has 6 nitrogen and oxygen atoms in total. The van der Waals surface area contributed by atoms with Crippen molar-refractivity contribution < 1.29 is 0 Å². The Morgan fingerprint density at radius 2 is 2.17 bits per heavy atom. The van der Waals surface area contributed by atoms with Crippen LogP contribution in [0.2, 0.25) is 0 Å². The van der Waals surface area contributed by atoms with Crippen LogP contribution in [-0.4, -0.2) is 17.7 Å². The van der Waals surface area contributed by atoms with Crippen molar-refractivity contribution in [3.63, 3.8) is 0 Å². The Morgan fingerprint density at radius 1 is 1.42 bits per heavy atom. The molecule has 0 spiro atoms. The van der Waals surface area contributed by atoms with Gasteiger partial charge in [-0.2, -0.15) is 0 Å².